The molecular formula is C28H28FOPS. The van der Waals surface area contributed by atoms with Crippen LogP contribution in [0.1, 0.15) is 5.56 Å². The summed E-state index contributed by atoms with van der Waals surface area (Å²) in [6.07, 6.45) is 3.06. The van der Waals surface area contributed by atoms with Crippen LogP contribution in [0.5, 0.6) is 5.75 Å². The normalized spacial score (nSPS) is 11.8. The van der Waals surface area contributed by atoms with Crippen LogP contribution in [-0.4, -0.2) is 19.5 Å². The SMILES string of the molecule is CSc1ccc(C[PH](c2ccccc2)(c2ccccc2)c2ccc(OCCF)cc2)cc1. The van der Waals surface area contributed by atoms with Crippen molar-refractivity contribution in [3.05, 3.63) is 115 Å². The third-order valence-electron chi connectivity index (χ3n) is 5.85. The Bertz CT molecular complexity index is 1060. The Morgan fingerprint density at radius 1 is 0.688 bits per heavy atom. The van der Waals surface area contributed by atoms with E-state index < -0.39 is 13.9 Å². The zero-order valence-corrected chi connectivity index (χ0v) is 20.0. The summed E-state index contributed by atoms with van der Waals surface area (Å²) in [5.41, 5.74) is 1.33. The van der Waals surface area contributed by atoms with Crippen molar-refractivity contribution in [1.29, 1.82) is 0 Å². The fourth-order valence-electron chi connectivity index (χ4n) is 4.29. The number of halogens is 1. The molecule has 0 amide bonds. The molecule has 0 aliphatic heterocycles. The van der Waals surface area contributed by atoms with E-state index in [0.717, 1.165) is 6.16 Å². The van der Waals surface area contributed by atoms with Crippen LogP contribution < -0.4 is 20.7 Å². The predicted octanol–water partition coefficient (Wildman–Crippen LogP) is 5.98. The molecule has 4 rings (SSSR count). The van der Waals surface area contributed by atoms with Crippen LogP contribution in [0.25, 0.3) is 0 Å². The molecule has 0 fully saturated rings. The maximum absolute atomic E-state index is 12.6. The molecule has 0 aliphatic rings. The molecular weight excluding hydrogens is 434 g/mol. The Balaban J connectivity index is 1.88. The first-order valence-corrected chi connectivity index (χ1v) is 14.2. The average Bonchev–Trinajstić information content (AvgIpc) is 2.88. The maximum atomic E-state index is 12.6. The molecule has 0 atom stereocenters. The second-order valence-corrected chi connectivity index (χ2v) is 12.5. The minimum atomic E-state index is -2.38. The van der Waals surface area contributed by atoms with Crippen LogP contribution >= 0.6 is 19.0 Å². The van der Waals surface area contributed by atoms with Crippen LogP contribution in [0.4, 0.5) is 4.39 Å². The van der Waals surface area contributed by atoms with Crippen molar-refractivity contribution < 1.29 is 9.13 Å². The third-order valence-corrected chi connectivity index (χ3v) is 11.5. The van der Waals surface area contributed by atoms with E-state index in [1.165, 1.54) is 26.4 Å². The van der Waals surface area contributed by atoms with Crippen molar-refractivity contribution in [2.45, 2.75) is 11.1 Å². The molecule has 0 aromatic heterocycles. The first kappa shape index (κ1) is 22.6. The summed E-state index contributed by atoms with van der Waals surface area (Å²) >= 11 is 1.76. The summed E-state index contributed by atoms with van der Waals surface area (Å²) in [7, 11) is -2.38. The van der Waals surface area contributed by atoms with Gasteiger partial charge in [-0.3, -0.25) is 0 Å². The fraction of sp³-hybridized carbons (Fsp3) is 0.143. The summed E-state index contributed by atoms with van der Waals surface area (Å²) in [6, 6.07) is 39.0. The second kappa shape index (κ2) is 10.8. The number of benzene rings is 4. The van der Waals surface area contributed by atoms with Gasteiger partial charge in [0.05, 0.1) is 0 Å². The first-order chi connectivity index (χ1) is 15.8. The Morgan fingerprint density at radius 3 is 1.72 bits per heavy atom. The van der Waals surface area contributed by atoms with Gasteiger partial charge in [-0.15, -0.1) is 0 Å². The van der Waals surface area contributed by atoms with Crippen LogP contribution in [0.3, 0.4) is 0 Å². The molecule has 0 unspecified atom stereocenters. The Morgan fingerprint density at radius 2 is 1.22 bits per heavy atom. The molecule has 0 heterocycles. The van der Waals surface area contributed by atoms with Gasteiger partial charge in [-0.2, -0.15) is 0 Å². The summed E-state index contributed by atoms with van der Waals surface area (Å²) in [6.45, 7) is -0.401. The first-order valence-electron chi connectivity index (χ1n) is 10.8. The van der Waals surface area contributed by atoms with E-state index in [1.54, 1.807) is 11.8 Å². The van der Waals surface area contributed by atoms with Crippen molar-refractivity contribution >= 4 is 34.9 Å². The molecule has 0 saturated heterocycles. The number of ether oxygens (including phenoxy) is 1. The van der Waals surface area contributed by atoms with Gasteiger partial charge < -0.3 is 0 Å². The van der Waals surface area contributed by atoms with Gasteiger partial charge in [0, 0.05) is 0 Å². The fourth-order valence-corrected chi connectivity index (χ4v) is 9.42. The summed E-state index contributed by atoms with van der Waals surface area (Å²) < 4.78 is 18.1. The molecule has 4 heteroatoms. The molecule has 0 spiro atoms. The molecule has 32 heavy (non-hydrogen) atoms. The Labute approximate surface area is 195 Å². The molecule has 0 aliphatic carbocycles. The van der Waals surface area contributed by atoms with E-state index in [1.807, 2.05) is 12.1 Å². The van der Waals surface area contributed by atoms with E-state index in [4.69, 9.17) is 4.74 Å². The molecule has 0 N–H and O–H groups in total. The van der Waals surface area contributed by atoms with Crippen LogP contribution in [0.2, 0.25) is 0 Å². The molecule has 0 radical (unpaired) electrons. The van der Waals surface area contributed by atoms with Crippen molar-refractivity contribution in [2.24, 2.45) is 0 Å². The Kier molecular flexibility index (Phi) is 7.63. The van der Waals surface area contributed by atoms with Gasteiger partial charge in [-0.25, -0.2) is 0 Å². The molecule has 0 saturated carbocycles. The number of hydrogen-bond acceptors (Lipinski definition) is 2. The molecule has 1 nitrogen and oxygen atoms in total. The van der Waals surface area contributed by atoms with Crippen molar-refractivity contribution in [2.75, 3.05) is 19.5 Å². The quantitative estimate of drug-likeness (QED) is 0.223. The number of hydrogen-bond donors (Lipinski definition) is 0. The molecule has 4 aromatic rings. The molecule has 164 valence electrons. The summed E-state index contributed by atoms with van der Waals surface area (Å²) in [5.74, 6) is 0.708. The van der Waals surface area contributed by atoms with E-state index in [-0.39, 0.29) is 6.61 Å². The number of rotatable bonds is 9. The van der Waals surface area contributed by atoms with Gasteiger partial charge >= 0.3 is 195 Å². The van der Waals surface area contributed by atoms with Crippen LogP contribution in [-0.2, 0) is 6.16 Å². The van der Waals surface area contributed by atoms with Crippen LogP contribution in [0, 0.1) is 0 Å². The van der Waals surface area contributed by atoms with E-state index in [9.17, 15) is 4.39 Å². The van der Waals surface area contributed by atoms with Gasteiger partial charge in [0.2, 0.25) is 0 Å². The minimum absolute atomic E-state index is 0.0844. The van der Waals surface area contributed by atoms with Gasteiger partial charge in [-0.05, 0) is 0 Å². The number of alkyl halides is 1. The average molecular weight is 463 g/mol. The van der Waals surface area contributed by atoms with Gasteiger partial charge in [-0.1, -0.05) is 0 Å². The molecule has 4 aromatic carbocycles. The second-order valence-electron chi connectivity index (χ2n) is 7.72. The Hall–Kier alpha value is -2.61. The summed E-state index contributed by atoms with van der Waals surface area (Å²) in [4.78, 5) is 1.27. The standard InChI is InChI=1S/C28H28FOPS/c1-32-28-18-12-23(13-19-28)22-31(25-8-4-2-5-9-25,26-10-6-3-7-11-26)27-16-14-24(15-17-27)30-21-20-29/h2-19,31H,20-22H2,1H3. The van der Waals surface area contributed by atoms with Gasteiger partial charge in [0.25, 0.3) is 0 Å². The molecule has 0 bridgehead atoms. The van der Waals surface area contributed by atoms with E-state index in [2.05, 4.69) is 103 Å². The van der Waals surface area contributed by atoms with E-state index in [0.29, 0.717) is 5.75 Å². The van der Waals surface area contributed by atoms with Gasteiger partial charge in [0.1, 0.15) is 0 Å². The van der Waals surface area contributed by atoms with Crippen molar-refractivity contribution in [3.63, 3.8) is 0 Å². The third kappa shape index (κ3) is 4.90. The van der Waals surface area contributed by atoms with Gasteiger partial charge in [0.15, 0.2) is 0 Å². The van der Waals surface area contributed by atoms with Crippen molar-refractivity contribution in [1.82, 2.24) is 0 Å². The van der Waals surface area contributed by atoms with Crippen molar-refractivity contribution in [3.8, 4) is 5.75 Å². The summed E-state index contributed by atoms with van der Waals surface area (Å²) in [5, 5.41) is 4.06. The van der Waals surface area contributed by atoms with Crippen LogP contribution in [0.15, 0.2) is 114 Å². The number of thioether (sulfide) groups is 1. The topological polar surface area (TPSA) is 9.23 Å². The zero-order valence-electron chi connectivity index (χ0n) is 18.2. The predicted molar refractivity (Wildman–Crippen MR) is 140 cm³/mol. The monoisotopic (exact) mass is 462 g/mol. The zero-order chi connectivity index (χ0) is 22.2. The van der Waals surface area contributed by atoms with E-state index >= 15 is 0 Å².